The van der Waals surface area contributed by atoms with Gasteiger partial charge in [0.2, 0.25) is 0 Å². The number of carbonyl (C=O) groups excluding carboxylic acids is 1. The maximum Gasteiger partial charge on any atom is 0.185 e. The van der Waals surface area contributed by atoms with Gasteiger partial charge in [0, 0.05) is 49.2 Å². The number of anilines is 1. The number of carbonyl (C=O) groups is 1. The Balaban J connectivity index is 1.60. The summed E-state index contributed by atoms with van der Waals surface area (Å²) in [6.45, 7) is 1.60. The van der Waals surface area contributed by atoms with Crippen LogP contribution < -0.4 is 10.6 Å². The molecule has 0 saturated carbocycles. The average Bonchev–Trinajstić information content (AvgIpc) is 2.74. The maximum absolute atomic E-state index is 14.1. The Labute approximate surface area is 173 Å². The molecule has 0 amide bonds. The van der Waals surface area contributed by atoms with Gasteiger partial charge in [0.05, 0.1) is 11.3 Å². The predicted octanol–water partition coefficient (Wildman–Crippen LogP) is 3.77. The second-order valence-electron chi connectivity index (χ2n) is 7.46. The van der Waals surface area contributed by atoms with E-state index in [1.54, 1.807) is 24.5 Å². The summed E-state index contributed by atoms with van der Waals surface area (Å²) < 4.78 is 28.2. The van der Waals surface area contributed by atoms with E-state index in [4.69, 9.17) is 5.73 Å². The second-order valence-corrected chi connectivity index (χ2v) is 7.46. The van der Waals surface area contributed by atoms with Crippen LogP contribution in [0.4, 0.5) is 14.5 Å². The zero-order valence-corrected chi connectivity index (χ0v) is 16.4. The fourth-order valence-corrected chi connectivity index (χ4v) is 3.83. The Bertz CT molecular complexity index is 1050. The average molecular weight is 408 g/mol. The first-order valence-corrected chi connectivity index (χ1v) is 9.91. The summed E-state index contributed by atoms with van der Waals surface area (Å²) in [7, 11) is 0. The first-order chi connectivity index (χ1) is 14.5. The van der Waals surface area contributed by atoms with E-state index < -0.39 is 11.6 Å². The van der Waals surface area contributed by atoms with Crippen molar-refractivity contribution in [3.63, 3.8) is 0 Å². The topological polar surface area (TPSA) is 72.1 Å². The molecule has 4 rings (SSSR count). The summed E-state index contributed by atoms with van der Waals surface area (Å²) in [4.78, 5) is 23.5. The minimum Gasteiger partial charge on any atom is -0.370 e. The third-order valence-electron chi connectivity index (χ3n) is 5.28. The first-order valence-electron chi connectivity index (χ1n) is 9.91. The van der Waals surface area contributed by atoms with Gasteiger partial charge in [-0.2, -0.15) is 0 Å². The molecule has 2 aromatic heterocycles. The highest BCUT2D eigenvalue weighted by molar-refractivity contribution is 5.97. The lowest BCUT2D eigenvalue weighted by Crippen LogP contribution is -2.43. The van der Waals surface area contributed by atoms with Crippen molar-refractivity contribution in [2.75, 3.05) is 18.0 Å². The van der Waals surface area contributed by atoms with Crippen molar-refractivity contribution in [1.82, 2.24) is 9.97 Å². The lowest BCUT2D eigenvalue weighted by atomic mass is 10.0. The van der Waals surface area contributed by atoms with Crippen LogP contribution in [0.25, 0.3) is 11.3 Å². The molecule has 1 atom stereocenters. The number of Topliss-reactive ketones (excluding diaryl/α,β-unsaturated/α-hetero) is 1. The van der Waals surface area contributed by atoms with Crippen molar-refractivity contribution < 1.29 is 13.6 Å². The van der Waals surface area contributed by atoms with Crippen molar-refractivity contribution in [3.8, 4) is 11.3 Å². The van der Waals surface area contributed by atoms with Gasteiger partial charge in [-0.25, -0.2) is 13.8 Å². The van der Waals surface area contributed by atoms with E-state index in [0.29, 0.717) is 0 Å². The number of halogens is 2. The number of hydrogen-bond acceptors (Lipinski definition) is 5. The van der Waals surface area contributed by atoms with Crippen LogP contribution in [0, 0.1) is 11.6 Å². The number of nitrogens with two attached hydrogens (primary N) is 1. The Morgan fingerprint density at radius 2 is 1.90 bits per heavy atom. The van der Waals surface area contributed by atoms with Crippen molar-refractivity contribution in [2.24, 2.45) is 5.73 Å². The molecule has 1 fully saturated rings. The lowest BCUT2D eigenvalue weighted by molar-refractivity contribution is 0.0988. The van der Waals surface area contributed by atoms with Crippen LogP contribution in [-0.4, -0.2) is 34.9 Å². The smallest absolute Gasteiger partial charge is 0.185 e. The summed E-state index contributed by atoms with van der Waals surface area (Å²) in [5.41, 5.74) is 7.82. The van der Waals surface area contributed by atoms with Gasteiger partial charge in [0.1, 0.15) is 17.3 Å². The van der Waals surface area contributed by atoms with Gasteiger partial charge in [-0.15, -0.1) is 0 Å². The summed E-state index contributed by atoms with van der Waals surface area (Å²) in [5.74, 6) is -1.68. The van der Waals surface area contributed by atoms with Crippen molar-refractivity contribution in [1.29, 1.82) is 0 Å². The van der Waals surface area contributed by atoms with Crippen LogP contribution in [-0.2, 0) is 6.42 Å². The maximum atomic E-state index is 14.1. The van der Waals surface area contributed by atoms with Crippen LogP contribution in [0.15, 0.2) is 54.9 Å². The van der Waals surface area contributed by atoms with E-state index in [9.17, 15) is 13.6 Å². The Morgan fingerprint density at radius 3 is 2.67 bits per heavy atom. The van der Waals surface area contributed by atoms with E-state index in [0.717, 1.165) is 37.2 Å². The number of pyridine rings is 2. The third kappa shape index (κ3) is 4.21. The van der Waals surface area contributed by atoms with Crippen LogP contribution in [0.1, 0.15) is 28.9 Å². The molecule has 3 aromatic rings. The zero-order valence-electron chi connectivity index (χ0n) is 16.4. The predicted molar refractivity (Wildman–Crippen MR) is 111 cm³/mol. The van der Waals surface area contributed by atoms with E-state index in [1.807, 2.05) is 6.07 Å². The van der Waals surface area contributed by atoms with Crippen molar-refractivity contribution in [3.05, 3.63) is 77.8 Å². The normalized spacial score (nSPS) is 16.5. The second kappa shape index (κ2) is 8.67. The fourth-order valence-electron chi connectivity index (χ4n) is 3.83. The van der Waals surface area contributed by atoms with Gasteiger partial charge in [-0.1, -0.05) is 12.1 Å². The fraction of sp³-hybridized carbons (Fsp3) is 0.261. The highest BCUT2D eigenvalue weighted by atomic mass is 19.1. The summed E-state index contributed by atoms with van der Waals surface area (Å²) >= 11 is 0. The van der Waals surface area contributed by atoms with Gasteiger partial charge in [-0.05, 0) is 43.2 Å². The lowest BCUT2D eigenvalue weighted by Gasteiger charge is -2.33. The minimum absolute atomic E-state index is 0.0878. The van der Waals surface area contributed by atoms with E-state index in [2.05, 4.69) is 14.9 Å². The number of rotatable bonds is 5. The molecule has 0 unspecified atom stereocenters. The minimum atomic E-state index is -0.719. The number of nitrogens with zero attached hydrogens (tertiary/aromatic N) is 3. The molecule has 0 bridgehead atoms. The number of hydrogen-bond donors (Lipinski definition) is 1. The Kier molecular flexibility index (Phi) is 5.81. The molecule has 1 aliphatic heterocycles. The molecule has 1 aromatic carbocycles. The van der Waals surface area contributed by atoms with Gasteiger partial charge < -0.3 is 10.6 Å². The first kappa shape index (κ1) is 20.1. The molecule has 0 radical (unpaired) electrons. The molecule has 1 aliphatic rings. The SMILES string of the molecule is N[C@H]1CCCN(c2ccncc2CC(=O)c2cccc(-c3c(F)cccc3F)n2)C1. The Morgan fingerprint density at radius 1 is 1.13 bits per heavy atom. The number of ketones is 1. The molecule has 0 spiro atoms. The van der Waals surface area contributed by atoms with E-state index in [1.165, 1.54) is 24.3 Å². The monoisotopic (exact) mass is 408 g/mol. The summed E-state index contributed by atoms with van der Waals surface area (Å²) in [6, 6.07) is 10.2. The zero-order chi connectivity index (χ0) is 21.1. The molecular formula is C23H22F2N4O. The molecule has 154 valence electrons. The standard InChI is InChI=1S/C23H22F2N4O/c24-17-5-1-6-18(25)23(17)20-8-2-7-19(28-20)22(30)12-15-13-27-10-9-21(15)29-11-3-4-16(26)14-29/h1-2,5-10,13,16H,3-4,11-12,14,26H2/t16-/m0/s1. The van der Waals surface area contributed by atoms with Gasteiger partial charge in [0.25, 0.3) is 0 Å². The quantitative estimate of drug-likeness (QED) is 0.651. The van der Waals surface area contributed by atoms with Gasteiger partial charge in [0.15, 0.2) is 5.78 Å². The molecular weight excluding hydrogens is 386 g/mol. The number of piperidine rings is 1. The molecule has 30 heavy (non-hydrogen) atoms. The number of benzene rings is 1. The van der Waals surface area contributed by atoms with Crippen LogP contribution >= 0.6 is 0 Å². The Hall–Kier alpha value is -3.19. The molecule has 3 heterocycles. The highest BCUT2D eigenvalue weighted by Gasteiger charge is 2.21. The highest BCUT2D eigenvalue weighted by Crippen LogP contribution is 2.26. The molecule has 2 N–H and O–H groups in total. The molecule has 7 heteroatoms. The third-order valence-corrected chi connectivity index (χ3v) is 5.28. The number of aromatic nitrogens is 2. The van der Waals surface area contributed by atoms with Gasteiger partial charge in [-0.3, -0.25) is 9.78 Å². The molecule has 0 aliphatic carbocycles. The van der Waals surface area contributed by atoms with Crippen LogP contribution in [0.3, 0.4) is 0 Å². The summed E-state index contributed by atoms with van der Waals surface area (Å²) in [5, 5.41) is 0. The van der Waals surface area contributed by atoms with E-state index in [-0.39, 0.29) is 35.2 Å². The van der Waals surface area contributed by atoms with Gasteiger partial charge >= 0.3 is 0 Å². The summed E-state index contributed by atoms with van der Waals surface area (Å²) in [6.07, 6.45) is 5.44. The van der Waals surface area contributed by atoms with Crippen molar-refractivity contribution in [2.45, 2.75) is 25.3 Å². The molecule has 1 saturated heterocycles. The largest absolute Gasteiger partial charge is 0.370 e. The van der Waals surface area contributed by atoms with E-state index >= 15 is 0 Å². The van der Waals surface area contributed by atoms with Crippen molar-refractivity contribution >= 4 is 11.5 Å². The molecule has 5 nitrogen and oxygen atoms in total. The van der Waals surface area contributed by atoms with Crippen LogP contribution in [0.2, 0.25) is 0 Å². The van der Waals surface area contributed by atoms with Crippen LogP contribution in [0.5, 0.6) is 0 Å².